The van der Waals surface area contributed by atoms with Gasteiger partial charge in [-0.3, -0.25) is 0 Å². The molecule has 0 saturated carbocycles. The highest BCUT2D eigenvalue weighted by atomic mass is 32.2. The molecule has 118 valence electrons. The maximum Gasteiger partial charge on any atom is 0.249 e. The normalized spacial score (nSPS) is 24.2. The van der Waals surface area contributed by atoms with Gasteiger partial charge < -0.3 is 10.5 Å². The van der Waals surface area contributed by atoms with E-state index in [4.69, 9.17) is 10.5 Å². The van der Waals surface area contributed by atoms with Crippen molar-refractivity contribution in [2.75, 3.05) is 19.6 Å². The average Bonchev–Trinajstić information content (AvgIpc) is 2.36. The highest BCUT2D eigenvalue weighted by molar-refractivity contribution is 7.89. The fourth-order valence-corrected chi connectivity index (χ4v) is 3.87. The molecule has 1 fully saturated rings. The molecule has 2 rings (SSSR count). The zero-order valence-corrected chi connectivity index (χ0v) is 12.0. The minimum Gasteiger partial charge on any atom is -0.371 e. The quantitative estimate of drug-likeness (QED) is 0.894. The molecular formula is C12H15F3N2O3S. The Morgan fingerprint density at radius 2 is 1.86 bits per heavy atom. The van der Waals surface area contributed by atoms with Crippen LogP contribution in [0.5, 0.6) is 0 Å². The van der Waals surface area contributed by atoms with Crippen LogP contribution in [-0.4, -0.2) is 44.6 Å². The van der Waals surface area contributed by atoms with E-state index in [9.17, 15) is 21.6 Å². The molecule has 0 aromatic heterocycles. The monoisotopic (exact) mass is 324 g/mol. The Bertz CT molecular complexity index is 616. The molecule has 1 aromatic carbocycles. The van der Waals surface area contributed by atoms with Crippen LogP contribution in [0.3, 0.4) is 0 Å². The molecule has 2 N–H and O–H groups in total. The van der Waals surface area contributed by atoms with Crippen molar-refractivity contribution in [2.45, 2.75) is 24.0 Å². The summed E-state index contributed by atoms with van der Waals surface area (Å²) in [4.78, 5) is -1.16. The molecular weight excluding hydrogens is 309 g/mol. The summed E-state index contributed by atoms with van der Waals surface area (Å²) in [5.41, 5.74) is 5.45. The molecule has 0 aliphatic carbocycles. The summed E-state index contributed by atoms with van der Waals surface area (Å²) in [5.74, 6) is -4.11. The molecule has 2 unspecified atom stereocenters. The van der Waals surface area contributed by atoms with Crippen molar-refractivity contribution in [1.82, 2.24) is 4.31 Å². The molecule has 1 heterocycles. The van der Waals surface area contributed by atoms with Gasteiger partial charge in [-0.25, -0.2) is 21.6 Å². The Kier molecular flexibility index (Phi) is 4.57. The van der Waals surface area contributed by atoms with Crippen LogP contribution in [0.2, 0.25) is 0 Å². The van der Waals surface area contributed by atoms with Crippen LogP contribution in [0.15, 0.2) is 17.0 Å². The molecule has 0 radical (unpaired) electrons. The van der Waals surface area contributed by atoms with Gasteiger partial charge in [0.25, 0.3) is 0 Å². The van der Waals surface area contributed by atoms with E-state index < -0.39 is 44.6 Å². The van der Waals surface area contributed by atoms with Crippen LogP contribution >= 0.6 is 0 Å². The van der Waals surface area contributed by atoms with Crippen LogP contribution in [0.25, 0.3) is 0 Å². The number of benzene rings is 1. The van der Waals surface area contributed by atoms with E-state index in [0.717, 1.165) is 4.31 Å². The van der Waals surface area contributed by atoms with Crippen molar-refractivity contribution in [2.24, 2.45) is 5.73 Å². The average molecular weight is 324 g/mol. The van der Waals surface area contributed by atoms with Gasteiger partial charge in [-0.2, -0.15) is 4.31 Å². The van der Waals surface area contributed by atoms with Gasteiger partial charge in [0.2, 0.25) is 10.0 Å². The van der Waals surface area contributed by atoms with Gasteiger partial charge in [-0.15, -0.1) is 0 Å². The molecule has 1 aliphatic heterocycles. The van der Waals surface area contributed by atoms with Gasteiger partial charge in [0, 0.05) is 31.8 Å². The van der Waals surface area contributed by atoms with Gasteiger partial charge in [0.15, 0.2) is 4.90 Å². The Labute approximate surface area is 120 Å². The number of morpholine rings is 1. The maximum absolute atomic E-state index is 13.7. The Morgan fingerprint density at radius 3 is 2.38 bits per heavy atom. The zero-order valence-electron chi connectivity index (χ0n) is 11.2. The van der Waals surface area contributed by atoms with Gasteiger partial charge in [-0.1, -0.05) is 0 Å². The molecule has 2 atom stereocenters. The van der Waals surface area contributed by atoms with Crippen molar-refractivity contribution >= 4 is 10.0 Å². The molecule has 9 heteroatoms. The second-order valence-electron chi connectivity index (χ2n) is 4.82. The van der Waals surface area contributed by atoms with E-state index in [2.05, 4.69) is 0 Å². The topological polar surface area (TPSA) is 72.6 Å². The van der Waals surface area contributed by atoms with Crippen LogP contribution in [0.4, 0.5) is 13.2 Å². The first-order valence-electron chi connectivity index (χ1n) is 6.26. The lowest BCUT2D eigenvalue weighted by Gasteiger charge is -2.35. The standard InChI is InChI=1S/C12H15F3N2O3S/c1-7-5-17(6-9(4-16)20-7)21(18,19)12-10(14)2-8(13)3-11(12)15/h2-3,7,9H,4-6,16H2,1H3. The van der Waals surface area contributed by atoms with Crippen molar-refractivity contribution in [1.29, 1.82) is 0 Å². The third kappa shape index (κ3) is 3.20. The number of nitrogens with two attached hydrogens (primary N) is 1. The second kappa shape index (κ2) is 5.91. The number of halogens is 3. The third-order valence-electron chi connectivity index (χ3n) is 3.12. The SMILES string of the molecule is CC1CN(S(=O)(=O)c2c(F)cc(F)cc2F)CC(CN)O1. The molecule has 0 amide bonds. The number of sulfonamides is 1. The van der Waals surface area contributed by atoms with Crippen molar-refractivity contribution in [3.63, 3.8) is 0 Å². The predicted octanol–water partition coefficient (Wildman–Crippen LogP) is 0.841. The lowest BCUT2D eigenvalue weighted by molar-refractivity contribution is -0.0487. The summed E-state index contributed by atoms with van der Waals surface area (Å²) in [6, 6.07) is 0.667. The number of ether oxygens (including phenoxy) is 1. The Balaban J connectivity index is 2.43. The molecule has 5 nitrogen and oxygen atoms in total. The minimum atomic E-state index is -4.43. The van der Waals surface area contributed by atoms with E-state index in [0.29, 0.717) is 12.1 Å². The number of hydrogen-bond acceptors (Lipinski definition) is 4. The summed E-state index contributed by atoms with van der Waals surface area (Å²) >= 11 is 0. The van der Waals surface area contributed by atoms with E-state index in [1.165, 1.54) is 0 Å². The lowest BCUT2D eigenvalue weighted by atomic mass is 10.2. The summed E-state index contributed by atoms with van der Waals surface area (Å²) in [5, 5.41) is 0. The first-order valence-corrected chi connectivity index (χ1v) is 7.70. The van der Waals surface area contributed by atoms with Crippen molar-refractivity contribution in [3.05, 3.63) is 29.6 Å². The molecule has 1 aliphatic rings. The van der Waals surface area contributed by atoms with Gasteiger partial charge >= 0.3 is 0 Å². The van der Waals surface area contributed by atoms with Gasteiger partial charge in [0.1, 0.15) is 17.5 Å². The van der Waals surface area contributed by atoms with E-state index in [1.807, 2.05) is 0 Å². The maximum atomic E-state index is 13.7. The molecule has 0 spiro atoms. The van der Waals surface area contributed by atoms with E-state index in [1.54, 1.807) is 6.92 Å². The number of rotatable bonds is 3. The van der Waals surface area contributed by atoms with Crippen LogP contribution in [-0.2, 0) is 14.8 Å². The second-order valence-corrected chi connectivity index (χ2v) is 6.70. The Hall–Kier alpha value is -1.16. The highest BCUT2D eigenvalue weighted by Gasteiger charge is 2.36. The summed E-state index contributed by atoms with van der Waals surface area (Å²) in [6.07, 6.45) is -1.02. The fourth-order valence-electron chi connectivity index (χ4n) is 2.23. The lowest BCUT2D eigenvalue weighted by Crippen LogP contribution is -2.51. The molecule has 1 saturated heterocycles. The Morgan fingerprint density at radius 1 is 1.29 bits per heavy atom. The number of nitrogens with zero attached hydrogens (tertiary/aromatic N) is 1. The van der Waals surface area contributed by atoms with Crippen molar-refractivity contribution < 1.29 is 26.3 Å². The summed E-state index contributed by atoms with van der Waals surface area (Å²) in [6.45, 7) is 1.53. The van der Waals surface area contributed by atoms with E-state index in [-0.39, 0.29) is 19.6 Å². The number of hydrogen-bond donors (Lipinski definition) is 1. The van der Waals surface area contributed by atoms with Crippen molar-refractivity contribution in [3.8, 4) is 0 Å². The largest absolute Gasteiger partial charge is 0.371 e. The van der Waals surface area contributed by atoms with E-state index >= 15 is 0 Å². The van der Waals surface area contributed by atoms with Crippen LogP contribution < -0.4 is 5.73 Å². The molecule has 21 heavy (non-hydrogen) atoms. The fraction of sp³-hybridized carbons (Fsp3) is 0.500. The summed E-state index contributed by atoms with van der Waals surface area (Å²) < 4.78 is 71.3. The molecule has 0 bridgehead atoms. The predicted molar refractivity (Wildman–Crippen MR) is 68.5 cm³/mol. The molecule has 1 aromatic rings. The highest BCUT2D eigenvalue weighted by Crippen LogP contribution is 2.26. The smallest absolute Gasteiger partial charge is 0.249 e. The first kappa shape index (κ1) is 16.2. The van der Waals surface area contributed by atoms with Crippen LogP contribution in [0.1, 0.15) is 6.92 Å². The zero-order chi connectivity index (χ0) is 15.8. The first-order chi connectivity index (χ1) is 9.75. The third-order valence-corrected chi connectivity index (χ3v) is 5.00. The van der Waals surface area contributed by atoms with Gasteiger partial charge in [0.05, 0.1) is 12.2 Å². The minimum absolute atomic E-state index is 0.0604. The van der Waals surface area contributed by atoms with Gasteiger partial charge in [-0.05, 0) is 6.92 Å². The van der Waals surface area contributed by atoms with Crippen LogP contribution in [0, 0.1) is 17.5 Å². The summed E-state index contributed by atoms with van der Waals surface area (Å²) in [7, 11) is -4.43.